The first-order valence-electron chi connectivity index (χ1n) is 6.39. The van der Waals surface area contributed by atoms with Crippen LogP contribution in [0.4, 0.5) is 5.69 Å². The Labute approximate surface area is 120 Å². The summed E-state index contributed by atoms with van der Waals surface area (Å²) in [7, 11) is -0.469. The molecule has 1 amide bonds. The number of para-hydroxylation sites is 1. The van der Waals surface area contributed by atoms with Gasteiger partial charge in [0.1, 0.15) is 4.90 Å². The van der Waals surface area contributed by atoms with Crippen LogP contribution in [0.5, 0.6) is 0 Å². The summed E-state index contributed by atoms with van der Waals surface area (Å²) in [4.78, 5) is 10.9. The monoisotopic (exact) mass is 299 g/mol. The molecule has 1 rings (SSSR count). The molecule has 3 N–H and O–H groups in total. The molecule has 0 aliphatic rings. The normalized spacial score (nSPS) is 11.6. The molecule has 0 aliphatic carbocycles. The molecule has 0 saturated heterocycles. The number of primary amides is 1. The minimum Gasteiger partial charge on any atom is -0.384 e. The van der Waals surface area contributed by atoms with Gasteiger partial charge >= 0.3 is 0 Å². The van der Waals surface area contributed by atoms with Crippen molar-refractivity contribution < 1.29 is 13.2 Å². The number of anilines is 1. The van der Waals surface area contributed by atoms with Crippen LogP contribution in [-0.2, 0) is 14.8 Å². The van der Waals surface area contributed by atoms with E-state index in [9.17, 15) is 13.2 Å². The van der Waals surface area contributed by atoms with Crippen molar-refractivity contribution in [1.29, 1.82) is 0 Å². The number of nitrogens with one attached hydrogen (secondary N) is 1. The van der Waals surface area contributed by atoms with Crippen molar-refractivity contribution in [2.45, 2.75) is 24.2 Å². The molecule has 1 aromatic carbocycles. The average Bonchev–Trinajstić information content (AvgIpc) is 2.38. The summed E-state index contributed by atoms with van der Waals surface area (Å²) in [6, 6.07) is 6.76. The first-order chi connectivity index (χ1) is 9.35. The predicted molar refractivity (Wildman–Crippen MR) is 78.8 cm³/mol. The fourth-order valence-electron chi connectivity index (χ4n) is 1.68. The summed E-state index contributed by atoms with van der Waals surface area (Å²) in [6.45, 7) is 0.591. The predicted octanol–water partition coefficient (Wildman–Crippen LogP) is 1.00. The summed E-state index contributed by atoms with van der Waals surface area (Å²) in [6.07, 6.45) is 1.78. The van der Waals surface area contributed by atoms with Crippen LogP contribution < -0.4 is 11.1 Å². The second-order valence-corrected chi connectivity index (χ2v) is 6.75. The number of carbonyl (C=O) groups excluding carboxylic acids is 1. The molecule has 112 valence electrons. The largest absolute Gasteiger partial charge is 0.384 e. The van der Waals surface area contributed by atoms with Gasteiger partial charge in [0, 0.05) is 27.1 Å². The highest BCUT2D eigenvalue weighted by Gasteiger charge is 2.20. The number of nitrogens with two attached hydrogens (primary N) is 1. The second-order valence-electron chi connectivity index (χ2n) is 4.63. The van der Waals surface area contributed by atoms with Gasteiger partial charge in [-0.25, -0.2) is 12.7 Å². The number of unbranched alkanes of at least 4 members (excludes halogenated alkanes) is 1. The minimum atomic E-state index is -3.47. The number of amides is 1. The molecule has 0 bridgehead atoms. The van der Waals surface area contributed by atoms with Gasteiger partial charge in [-0.2, -0.15) is 0 Å². The van der Waals surface area contributed by atoms with Crippen LogP contribution in [0, 0.1) is 0 Å². The molecule has 7 heteroatoms. The zero-order valence-electron chi connectivity index (χ0n) is 11.8. The molecule has 0 spiro atoms. The van der Waals surface area contributed by atoms with E-state index in [4.69, 9.17) is 5.73 Å². The van der Waals surface area contributed by atoms with Crippen molar-refractivity contribution in [3.8, 4) is 0 Å². The summed E-state index contributed by atoms with van der Waals surface area (Å²) >= 11 is 0. The molecular formula is C13H21N3O3S. The maximum absolute atomic E-state index is 12.2. The molecule has 0 aromatic heterocycles. The van der Waals surface area contributed by atoms with E-state index in [-0.39, 0.29) is 10.8 Å². The maximum atomic E-state index is 12.2. The minimum absolute atomic E-state index is 0.250. The smallest absolute Gasteiger partial charge is 0.244 e. The van der Waals surface area contributed by atoms with Crippen molar-refractivity contribution in [1.82, 2.24) is 4.31 Å². The number of hydrogen-bond donors (Lipinski definition) is 2. The summed E-state index contributed by atoms with van der Waals surface area (Å²) in [5, 5.41) is 3.09. The molecule has 0 atom stereocenters. The molecule has 20 heavy (non-hydrogen) atoms. The topological polar surface area (TPSA) is 92.5 Å². The standard InChI is InChI=1S/C13H21N3O3S/c1-16(2)20(18,19)12-8-4-3-7-11(12)15-10-6-5-9-13(14)17/h3-4,7-8,15H,5-6,9-10H2,1-2H3,(H2,14,17). The zero-order chi connectivity index (χ0) is 15.2. The number of hydrogen-bond acceptors (Lipinski definition) is 4. The van der Waals surface area contributed by atoms with Crippen LogP contribution in [0.15, 0.2) is 29.2 Å². The third-order valence-corrected chi connectivity index (χ3v) is 4.68. The molecule has 0 aliphatic heterocycles. The highest BCUT2D eigenvalue weighted by molar-refractivity contribution is 7.89. The number of carbonyl (C=O) groups is 1. The summed E-state index contributed by atoms with van der Waals surface area (Å²) in [5.41, 5.74) is 5.63. The van der Waals surface area contributed by atoms with Crippen molar-refractivity contribution in [3.05, 3.63) is 24.3 Å². The Morgan fingerprint density at radius 1 is 1.25 bits per heavy atom. The van der Waals surface area contributed by atoms with Gasteiger partial charge in [-0.15, -0.1) is 0 Å². The quantitative estimate of drug-likeness (QED) is 0.701. The molecule has 0 radical (unpaired) electrons. The van der Waals surface area contributed by atoms with Crippen molar-refractivity contribution in [2.24, 2.45) is 5.73 Å². The Morgan fingerprint density at radius 2 is 1.90 bits per heavy atom. The molecule has 6 nitrogen and oxygen atoms in total. The second kappa shape index (κ2) is 7.25. The molecule has 0 unspecified atom stereocenters. The van der Waals surface area contributed by atoms with E-state index in [1.807, 2.05) is 0 Å². The molecule has 0 saturated carbocycles. The molecule has 0 heterocycles. The Bertz CT molecular complexity index is 556. The Kier molecular flexibility index (Phi) is 5.97. The van der Waals surface area contributed by atoms with Crippen molar-refractivity contribution in [2.75, 3.05) is 26.0 Å². The Balaban J connectivity index is 2.70. The number of nitrogens with zero attached hydrogens (tertiary/aromatic N) is 1. The fourth-order valence-corrected chi connectivity index (χ4v) is 2.74. The van der Waals surface area contributed by atoms with Gasteiger partial charge in [-0.05, 0) is 25.0 Å². The van der Waals surface area contributed by atoms with E-state index >= 15 is 0 Å². The number of rotatable bonds is 8. The lowest BCUT2D eigenvalue weighted by Crippen LogP contribution is -2.23. The van der Waals surface area contributed by atoms with Gasteiger partial charge < -0.3 is 11.1 Å². The van der Waals surface area contributed by atoms with Gasteiger partial charge in [-0.1, -0.05) is 12.1 Å². The van der Waals surface area contributed by atoms with Gasteiger partial charge in [0.05, 0.1) is 5.69 Å². The third kappa shape index (κ3) is 4.50. The van der Waals surface area contributed by atoms with Crippen LogP contribution in [0.2, 0.25) is 0 Å². The maximum Gasteiger partial charge on any atom is 0.244 e. The average molecular weight is 299 g/mol. The Morgan fingerprint density at radius 3 is 2.50 bits per heavy atom. The van der Waals surface area contributed by atoms with Crippen LogP contribution in [0.1, 0.15) is 19.3 Å². The zero-order valence-corrected chi connectivity index (χ0v) is 12.6. The number of benzene rings is 1. The highest BCUT2D eigenvalue weighted by Crippen LogP contribution is 2.23. The SMILES string of the molecule is CN(C)S(=O)(=O)c1ccccc1NCCCCC(N)=O. The van der Waals surface area contributed by atoms with Gasteiger partial charge in [-0.3, -0.25) is 4.79 Å². The van der Waals surface area contributed by atoms with Crippen LogP contribution >= 0.6 is 0 Å². The first kappa shape index (κ1) is 16.5. The summed E-state index contributed by atoms with van der Waals surface area (Å²) < 4.78 is 25.5. The van der Waals surface area contributed by atoms with Gasteiger partial charge in [0.25, 0.3) is 0 Å². The lowest BCUT2D eigenvalue weighted by Gasteiger charge is -2.16. The highest BCUT2D eigenvalue weighted by atomic mass is 32.2. The Hall–Kier alpha value is -1.60. The van der Waals surface area contributed by atoms with E-state index in [1.165, 1.54) is 18.4 Å². The van der Waals surface area contributed by atoms with E-state index < -0.39 is 10.0 Å². The van der Waals surface area contributed by atoms with Crippen LogP contribution in [0.25, 0.3) is 0 Å². The molecular weight excluding hydrogens is 278 g/mol. The van der Waals surface area contributed by atoms with Crippen LogP contribution in [0.3, 0.4) is 0 Å². The van der Waals surface area contributed by atoms with Gasteiger partial charge in [0.2, 0.25) is 15.9 Å². The van der Waals surface area contributed by atoms with Crippen molar-refractivity contribution >= 4 is 21.6 Å². The molecule has 1 aromatic rings. The van der Waals surface area contributed by atoms with E-state index in [0.717, 1.165) is 6.42 Å². The van der Waals surface area contributed by atoms with Crippen LogP contribution in [-0.4, -0.2) is 39.3 Å². The van der Waals surface area contributed by atoms with Gasteiger partial charge in [0.15, 0.2) is 0 Å². The summed E-state index contributed by atoms with van der Waals surface area (Å²) in [5.74, 6) is -0.319. The van der Waals surface area contributed by atoms with E-state index in [0.29, 0.717) is 25.1 Å². The van der Waals surface area contributed by atoms with E-state index in [1.54, 1.807) is 24.3 Å². The van der Waals surface area contributed by atoms with Crippen molar-refractivity contribution in [3.63, 3.8) is 0 Å². The molecule has 0 fully saturated rings. The number of sulfonamides is 1. The van der Waals surface area contributed by atoms with E-state index in [2.05, 4.69) is 5.32 Å². The first-order valence-corrected chi connectivity index (χ1v) is 7.83. The fraction of sp³-hybridized carbons (Fsp3) is 0.462. The lowest BCUT2D eigenvalue weighted by atomic mass is 10.2. The lowest BCUT2D eigenvalue weighted by molar-refractivity contribution is -0.118. The third-order valence-electron chi connectivity index (χ3n) is 2.81.